The quantitative estimate of drug-likeness (QED) is 0.810. The number of carbonyl (C=O) groups excluding carboxylic acids is 1. The number of nitrogens with one attached hydrogen (secondary N) is 2. The number of benzene rings is 1. The van der Waals surface area contributed by atoms with E-state index in [2.05, 4.69) is 10.3 Å². The van der Waals surface area contributed by atoms with Gasteiger partial charge in [-0.1, -0.05) is 23.2 Å². The van der Waals surface area contributed by atoms with Crippen molar-refractivity contribution in [3.05, 3.63) is 51.3 Å². The second kappa shape index (κ2) is 5.56. The Morgan fingerprint density at radius 1 is 1.15 bits per heavy atom. The van der Waals surface area contributed by atoms with Gasteiger partial charge in [0.1, 0.15) is 5.69 Å². The van der Waals surface area contributed by atoms with Crippen molar-refractivity contribution in [1.29, 1.82) is 0 Å². The minimum absolute atomic E-state index is 0.0797. The van der Waals surface area contributed by atoms with Gasteiger partial charge in [-0.2, -0.15) is 0 Å². The number of aromatic carboxylic acids is 1. The molecule has 0 atom stereocenters. The minimum atomic E-state index is -1.16. The van der Waals surface area contributed by atoms with Crippen LogP contribution in [0.2, 0.25) is 10.0 Å². The topological polar surface area (TPSA) is 82.2 Å². The molecule has 20 heavy (non-hydrogen) atoms. The molecule has 1 amide bonds. The molecule has 7 heteroatoms. The molecule has 1 heterocycles. The molecule has 1 aromatic heterocycles. The van der Waals surface area contributed by atoms with Gasteiger partial charge in [0.2, 0.25) is 0 Å². The summed E-state index contributed by atoms with van der Waals surface area (Å²) in [5, 5.41) is 12.2. The van der Waals surface area contributed by atoms with Gasteiger partial charge in [-0.05, 0) is 31.2 Å². The van der Waals surface area contributed by atoms with Gasteiger partial charge >= 0.3 is 5.97 Å². The Morgan fingerprint density at radius 2 is 1.75 bits per heavy atom. The van der Waals surface area contributed by atoms with Crippen LogP contribution >= 0.6 is 23.2 Å². The third-order valence-electron chi connectivity index (χ3n) is 2.54. The fourth-order valence-electron chi connectivity index (χ4n) is 1.74. The zero-order chi connectivity index (χ0) is 14.9. The zero-order valence-electron chi connectivity index (χ0n) is 10.3. The Labute approximate surface area is 124 Å². The van der Waals surface area contributed by atoms with E-state index in [-0.39, 0.29) is 16.9 Å². The number of amides is 1. The van der Waals surface area contributed by atoms with Gasteiger partial charge in [-0.3, -0.25) is 4.79 Å². The summed E-state index contributed by atoms with van der Waals surface area (Å²) in [6, 6.07) is 5.93. The number of hydrogen-bond acceptors (Lipinski definition) is 2. The van der Waals surface area contributed by atoms with Gasteiger partial charge in [0.15, 0.2) is 0 Å². The first-order chi connectivity index (χ1) is 9.36. The first-order valence-electron chi connectivity index (χ1n) is 5.57. The highest BCUT2D eigenvalue weighted by molar-refractivity contribution is 6.35. The molecule has 0 bridgehead atoms. The van der Waals surface area contributed by atoms with Crippen LogP contribution in [0, 0.1) is 6.92 Å². The maximum Gasteiger partial charge on any atom is 0.354 e. The lowest BCUT2D eigenvalue weighted by molar-refractivity contribution is 0.0692. The van der Waals surface area contributed by atoms with Gasteiger partial charge in [-0.15, -0.1) is 0 Å². The summed E-state index contributed by atoms with van der Waals surface area (Å²) in [7, 11) is 0. The molecular formula is C13H10Cl2N2O3. The summed E-state index contributed by atoms with van der Waals surface area (Å²) in [4.78, 5) is 25.8. The van der Waals surface area contributed by atoms with Crippen molar-refractivity contribution >= 4 is 40.8 Å². The monoisotopic (exact) mass is 312 g/mol. The molecule has 0 fully saturated rings. The third-order valence-corrected chi connectivity index (χ3v) is 2.98. The Morgan fingerprint density at radius 3 is 2.30 bits per heavy atom. The van der Waals surface area contributed by atoms with Crippen molar-refractivity contribution in [1.82, 2.24) is 4.98 Å². The highest BCUT2D eigenvalue weighted by atomic mass is 35.5. The van der Waals surface area contributed by atoms with Crippen LogP contribution in [0.25, 0.3) is 0 Å². The van der Waals surface area contributed by atoms with Crippen LogP contribution in [0.15, 0.2) is 24.3 Å². The van der Waals surface area contributed by atoms with Crippen LogP contribution in [0.1, 0.15) is 26.5 Å². The molecule has 0 aliphatic rings. The number of anilines is 1. The van der Waals surface area contributed by atoms with Crippen LogP contribution in [0.5, 0.6) is 0 Å². The average Bonchev–Trinajstić information content (AvgIpc) is 2.69. The summed E-state index contributed by atoms with van der Waals surface area (Å²) in [5.41, 5.74) is 0.986. The molecule has 1 aromatic carbocycles. The van der Waals surface area contributed by atoms with Crippen molar-refractivity contribution < 1.29 is 14.7 Å². The Hall–Kier alpha value is -1.98. The molecule has 0 saturated heterocycles. The number of rotatable bonds is 3. The van der Waals surface area contributed by atoms with E-state index < -0.39 is 11.9 Å². The van der Waals surface area contributed by atoms with Crippen LogP contribution < -0.4 is 5.32 Å². The Kier molecular flexibility index (Phi) is 4.01. The number of carbonyl (C=O) groups is 2. The lowest BCUT2D eigenvalue weighted by atomic mass is 10.2. The van der Waals surface area contributed by atoms with E-state index in [1.807, 2.05) is 0 Å². The number of halogens is 2. The molecule has 0 aliphatic heterocycles. The lowest BCUT2D eigenvalue weighted by Gasteiger charge is -2.05. The second-order valence-corrected chi connectivity index (χ2v) is 5.03. The average molecular weight is 313 g/mol. The number of carboxylic acid groups (broad SMARTS) is 1. The summed E-state index contributed by atoms with van der Waals surface area (Å²) in [6.45, 7) is 1.69. The summed E-state index contributed by atoms with van der Waals surface area (Å²) >= 11 is 11.6. The molecule has 3 N–H and O–H groups in total. The van der Waals surface area contributed by atoms with Gasteiger partial charge in [0, 0.05) is 21.3 Å². The fourth-order valence-corrected chi connectivity index (χ4v) is 2.26. The number of carboxylic acids is 1. The van der Waals surface area contributed by atoms with E-state index in [1.165, 1.54) is 24.3 Å². The molecule has 0 aliphatic carbocycles. The van der Waals surface area contributed by atoms with Gasteiger partial charge in [-0.25, -0.2) is 4.79 Å². The zero-order valence-corrected chi connectivity index (χ0v) is 11.8. The molecule has 0 saturated carbocycles. The molecule has 0 spiro atoms. The number of H-pyrrole nitrogens is 1. The lowest BCUT2D eigenvalue weighted by Crippen LogP contribution is -2.14. The van der Waals surface area contributed by atoms with Gasteiger partial charge < -0.3 is 15.4 Å². The summed E-state index contributed by atoms with van der Waals surface area (Å²) in [5.74, 6) is -1.64. The maximum absolute atomic E-state index is 12.1. The first-order valence-corrected chi connectivity index (χ1v) is 6.33. The number of hydrogen-bond donors (Lipinski definition) is 3. The Bertz CT molecular complexity index is 675. The highest BCUT2D eigenvalue weighted by Crippen LogP contribution is 2.22. The van der Waals surface area contributed by atoms with E-state index in [4.69, 9.17) is 28.3 Å². The fraction of sp³-hybridized carbons (Fsp3) is 0.0769. The second-order valence-electron chi connectivity index (χ2n) is 4.16. The van der Waals surface area contributed by atoms with Gasteiger partial charge in [0.25, 0.3) is 5.91 Å². The third kappa shape index (κ3) is 3.12. The van der Waals surface area contributed by atoms with Crippen molar-refractivity contribution in [2.75, 3.05) is 5.32 Å². The van der Waals surface area contributed by atoms with Crippen molar-refractivity contribution in [3.63, 3.8) is 0 Å². The van der Waals surface area contributed by atoms with Gasteiger partial charge in [0.05, 0.1) is 5.69 Å². The standard InChI is InChI=1S/C13H10Cl2N2O3/c1-6-2-10(11(16-6)13(19)20)17-12(18)7-3-8(14)5-9(15)4-7/h2-5,16H,1H3,(H,17,18)(H,19,20). The van der Waals surface area contributed by atoms with E-state index in [9.17, 15) is 9.59 Å². The van der Waals surface area contributed by atoms with Crippen molar-refractivity contribution in [2.24, 2.45) is 0 Å². The normalized spacial score (nSPS) is 10.3. The highest BCUT2D eigenvalue weighted by Gasteiger charge is 2.16. The number of aryl methyl sites for hydroxylation is 1. The minimum Gasteiger partial charge on any atom is -0.477 e. The first kappa shape index (κ1) is 14.4. The van der Waals surface area contributed by atoms with Crippen LogP contribution in [-0.4, -0.2) is 22.0 Å². The van der Waals surface area contributed by atoms with Crippen LogP contribution in [0.4, 0.5) is 5.69 Å². The predicted octanol–water partition coefficient (Wildman–Crippen LogP) is 3.58. The molecule has 0 radical (unpaired) electrons. The molecule has 0 unspecified atom stereocenters. The SMILES string of the molecule is Cc1cc(NC(=O)c2cc(Cl)cc(Cl)c2)c(C(=O)O)[nH]1. The molecule has 2 aromatic rings. The van der Waals surface area contributed by atoms with E-state index in [0.29, 0.717) is 15.7 Å². The molecule has 2 rings (SSSR count). The predicted molar refractivity (Wildman–Crippen MR) is 76.9 cm³/mol. The Balaban J connectivity index is 2.30. The molecule has 104 valence electrons. The molecular weight excluding hydrogens is 303 g/mol. The van der Waals surface area contributed by atoms with Crippen molar-refractivity contribution in [2.45, 2.75) is 6.92 Å². The van der Waals surface area contributed by atoms with E-state index in [0.717, 1.165) is 0 Å². The summed E-state index contributed by atoms with van der Waals surface area (Å²) < 4.78 is 0. The smallest absolute Gasteiger partial charge is 0.354 e. The summed E-state index contributed by atoms with van der Waals surface area (Å²) in [6.07, 6.45) is 0. The van der Waals surface area contributed by atoms with E-state index >= 15 is 0 Å². The number of aromatic amines is 1. The maximum atomic E-state index is 12.1. The number of aromatic nitrogens is 1. The van der Waals surface area contributed by atoms with E-state index in [1.54, 1.807) is 6.92 Å². The van der Waals surface area contributed by atoms with Crippen molar-refractivity contribution in [3.8, 4) is 0 Å². The van der Waals surface area contributed by atoms with Crippen LogP contribution in [-0.2, 0) is 0 Å². The largest absolute Gasteiger partial charge is 0.477 e. The molecule has 5 nitrogen and oxygen atoms in total. The van der Waals surface area contributed by atoms with Crippen LogP contribution in [0.3, 0.4) is 0 Å².